The van der Waals surface area contributed by atoms with Crippen LogP contribution in [0.4, 0.5) is 0 Å². The van der Waals surface area contributed by atoms with Gasteiger partial charge in [0.15, 0.2) is 0 Å². The quantitative estimate of drug-likeness (QED) is 0.653. The fraction of sp³-hybridized carbons (Fsp3) is 0.222. The number of hydrogen-bond acceptors (Lipinski definition) is 2. The van der Waals surface area contributed by atoms with Gasteiger partial charge in [0, 0.05) is 6.04 Å². The summed E-state index contributed by atoms with van der Waals surface area (Å²) in [6, 6.07) is 9.41. The standard InChI is InChI=1S/C9H10N2/c1-7(11)9-5-3-2-4-8(9)6-10/h2-5,7H,11H2,1H3. The zero-order valence-electron chi connectivity index (χ0n) is 6.41. The minimum absolute atomic E-state index is 0.0640. The fourth-order valence-corrected chi connectivity index (χ4v) is 0.996. The van der Waals surface area contributed by atoms with Gasteiger partial charge < -0.3 is 5.73 Å². The first-order valence-corrected chi connectivity index (χ1v) is 3.50. The maximum atomic E-state index is 8.66. The van der Waals surface area contributed by atoms with Gasteiger partial charge in [-0.2, -0.15) is 5.26 Å². The fourth-order valence-electron chi connectivity index (χ4n) is 0.996. The van der Waals surface area contributed by atoms with Crippen molar-refractivity contribution in [3.63, 3.8) is 0 Å². The summed E-state index contributed by atoms with van der Waals surface area (Å²) in [4.78, 5) is 0. The van der Waals surface area contributed by atoms with Gasteiger partial charge in [-0.05, 0) is 18.6 Å². The van der Waals surface area contributed by atoms with Crippen LogP contribution in [0.1, 0.15) is 24.1 Å². The summed E-state index contributed by atoms with van der Waals surface area (Å²) in [5.74, 6) is 0. The molecular formula is C9H10N2. The Bertz CT molecular complexity index is 284. The van der Waals surface area contributed by atoms with E-state index in [-0.39, 0.29) is 6.04 Å². The van der Waals surface area contributed by atoms with Gasteiger partial charge in [-0.25, -0.2) is 0 Å². The molecule has 0 saturated heterocycles. The minimum atomic E-state index is -0.0640. The van der Waals surface area contributed by atoms with Crippen molar-refractivity contribution in [2.45, 2.75) is 13.0 Å². The Morgan fingerprint density at radius 1 is 1.45 bits per heavy atom. The second-order valence-corrected chi connectivity index (χ2v) is 2.49. The predicted octanol–water partition coefficient (Wildman–Crippen LogP) is 1.58. The maximum Gasteiger partial charge on any atom is 0.0995 e. The van der Waals surface area contributed by atoms with Crippen molar-refractivity contribution in [2.75, 3.05) is 0 Å². The summed E-state index contributed by atoms with van der Waals surface area (Å²) in [6.07, 6.45) is 0. The average molecular weight is 146 g/mol. The van der Waals surface area contributed by atoms with E-state index in [2.05, 4.69) is 6.07 Å². The molecule has 0 spiro atoms. The van der Waals surface area contributed by atoms with Gasteiger partial charge in [-0.3, -0.25) is 0 Å². The molecule has 0 aromatic heterocycles. The molecule has 0 aliphatic carbocycles. The number of nitriles is 1. The molecule has 0 heterocycles. The number of rotatable bonds is 1. The third-order valence-corrected chi connectivity index (χ3v) is 1.57. The van der Waals surface area contributed by atoms with Crippen LogP contribution in [0.5, 0.6) is 0 Å². The zero-order chi connectivity index (χ0) is 8.27. The lowest BCUT2D eigenvalue weighted by molar-refractivity contribution is 0.815. The first-order chi connectivity index (χ1) is 5.25. The Kier molecular flexibility index (Phi) is 2.25. The molecule has 0 amide bonds. The van der Waals surface area contributed by atoms with E-state index >= 15 is 0 Å². The molecule has 1 atom stereocenters. The highest BCUT2D eigenvalue weighted by Gasteiger charge is 2.03. The summed E-state index contributed by atoms with van der Waals surface area (Å²) < 4.78 is 0. The van der Waals surface area contributed by atoms with Crippen molar-refractivity contribution >= 4 is 0 Å². The smallest absolute Gasteiger partial charge is 0.0995 e. The average Bonchev–Trinajstić information content (AvgIpc) is 2.04. The minimum Gasteiger partial charge on any atom is -0.324 e. The third kappa shape index (κ3) is 1.57. The largest absolute Gasteiger partial charge is 0.324 e. The van der Waals surface area contributed by atoms with E-state index in [1.54, 1.807) is 6.07 Å². The van der Waals surface area contributed by atoms with Gasteiger partial charge in [0.25, 0.3) is 0 Å². The SMILES string of the molecule is CC(N)c1ccccc1C#N. The number of nitrogens with zero attached hydrogens (tertiary/aromatic N) is 1. The normalized spacial score (nSPS) is 12.1. The molecule has 11 heavy (non-hydrogen) atoms. The molecule has 0 aliphatic heterocycles. The van der Waals surface area contributed by atoms with Crippen LogP contribution in [-0.2, 0) is 0 Å². The van der Waals surface area contributed by atoms with Crippen LogP contribution in [0.3, 0.4) is 0 Å². The second-order valence-electron chi connectivity index (χ2n) is 2.49. The maximum absolute atomic E-state index is 8.66. The molecule has 56 valence electrons. The first-order valence-electron chi connectivity index (χ1n) is 3.50. The lowest BCUT2D eigenvalue weighted by Crippen LogP contribution is -2.06. The molecule has 1 rings (SSSR count). The van der Waals surface area contributed by atoms with Gasteiger partial charge in [-0.15, -0.1) is 0 Å². The Labute approximate surface area is 66.3 Å². The number of hydrogen-bond donors (Lipinski definition) is 1. The van der Waals surface area contributed by atoms with E-state index in [9.17, 15) is 0 Å². The number of benzene rings is 1. The zero-order valence-corrected chi connectivity index (χ0v) is 6.41. The Morgan fingerprint density at radius 2 is 2.09 bits per heavy atom. The van der Waals surface area contributed by atoms with E-state index in [1.807, 2.05) is 25.1 Å². The van der Waals surface area contributed by atoms with Crippen LogP contribution < -0.4 is 5.73 Å². The summed E-state index contributed by atoms with van der Waals surface area (Å²) in [7, 11) is 0. The van der Waals surface area contributed by atoms with Crippen LogP contribution in [0.2, 0.25) is 0 Å². The molecular weight excluding hydrogens is 136 g/mol. The van der Waals surface area contributed by atoms with E-state index in [1.165, 1.54) is 0 Å². The Balaban J connectivity index is 3.15. The van der Waals surface area contributed by atoms with Crippen LogP contribution in [0.25, 0.3) is 0 Å². The lowest BCUT2D eigenvalue weighted by Gasteiger charge is -2.05. The van der Waals surface area contributed by atoms with Gasteiger partial charge in [-0.1, -0.05) is 18.2 Å². The predicted molar refractivity (Wildman–Crippen MR) is 43.8 cm³/mol. The van der Waals surface area contributed by atoms with Crippen molar-refractivity contribution in [2.24, 2.45) is 5.73 Å². The molecule has 0 radical (unpaired) electrons. The van der Waals surface area contributed by atoms with Crippen molar-refractivity contribution in [1.82, 2.24) is 0 Å². The van der Waals surface area contributed by atoms with Crippen LogP contribution in [0, 0.1) is 11.3 Å². The highest BCUT2D eigenvalue weighted by molar-refractivity contribution is 5.38. The van der Waals surface area contributed by atoms with Gasteiger partial charge >= 0.3 is 0 Å². The monoisotopic (exact) mass is 146 g/mol. The number of nitrogens with two attached hydrogens (primary N) is 1. The van der Waals surface area contributed by atoms with Crippen molar-refractivity contribution in [3.05, 3.63) is 35.4 Å². The summed E-state index contributed by atoms with van der Waals surface area (Å²) >= 11 is 0. The topological polar surface area (TPSA) is 49.8 Å². The van der Waals surface area contributed by atoms with Crippen molar-refractivity contribution in [3.8, 4) is 6.07 Å². The summed E-state index contributed by atoms with van der Waals surface area (Å²) in [5, 5.41) is 8.66. The van der Waals surface area contributed by atoms with Gasteiger partial charge in [0.1, 0.15) is 0 Å². The highest BCUT2D eigenvalue weighted by atomic mass is 14.6. The van der Waals surface area contributed by atoms with E-state index in [0.29, 0.717) is 5.56 Å². The van der Waals surface area contributed by atoms with Crippen LogP contribution in [-0.4, -0.2) is 0 Å². The molecule has 1 aromatic rings. The molecule has 1 aromatic carbocycles. The van der Waals surface area contributed by atoms with Crippen LogP contribution >= 0.6 is 0 Å². The summed E-state index contributed by atoms with van der Waals surface area (Å²) in [6.45, 7) is 1.87. The molecule has 0 saturated carbocycles. The Morgan fingerprint density at radius 3 is 2.55 bits per heavy atom. The molecule has 0 bridgehead atoms. The van der Waals surface area contributed by atoms with E-state index in [0.717, 1.165) is 5.56 Å². The summed E-state index contributed by atoms with van der Waals surface area (Å²) in [5.41, 5.74) is 7.22. The Hall–Kier alpha value is -1.33. The third-order valence-electron chi connectivity index (χ3n) is 1.57. The molecule has 1 unspecified atom stereocenters. The van der Waals surface area contributed by atoms with Gasteiger partial charge in [0.05, 0.1) is 11.6 Å². The van der Waals surface area contributed by atoms with E-state index in [4.69, 9.17) is 11.0 Å². The molecule has 2 heteroatoms. The molecule has 2 N–H and O–H groups in total. The highest BCUT2D eigenvalue weighted by Crippen LogP contribution is 2.13. The lowest BCUT2D eigenvalue weighted by atomic mass is 10.0. The second kappa shape index (κ2) is 3.18. The van der Waals surface area contributed by atoms with E-state index < -0.39 is 0 Å². The van der Waals surface area contributed by atoms with Crippen LogP contribution in [0.15, 0.2) is 24.3 Å². The molecule has 0 fully saturated rings. The van der Waals surface area contributed by atoms with Crippen molar-refractivity contribution in [1.29, 1.82) is 5.26 Å². The molecule has 0 aliphatic rings. The molecule has 2 nitrogen and oxygen atoms in total. The van der Waals surface area contributed by atoms with Crippen molar-refractivity contribution < 1.29 is 0 Å². The van der Waals surface area contributed by atoms with Gasteiger partial charge in [0.2, 0.25) is 0 Å². The first kappa shape index (κ1) is 7.77.